The summed E-state index contributed by atoms with van der Waals surface area (Å²) in [6, 6.07) is 14.3. The van der Waals surface area contributed by atoms with Crippen LogP contribution in [0.1, 0.15) is 28.8 Å². The molecule has 0 spiro atoms. The molecule has 1 amide bonds. The SMILES string of the molecule is Cc1ccc(-c2csc(N3C[C@H](C(=O)O[C@H](CCCl)C(=O)c4ccc(Cl)cc4)CC3=O)n2)cc1. The van der Waals surface area contributed by atoms with Gasteiger partial charge in [0.2, 0.25) is 11.7 Å². The highest BCUT2D eigenvalue weighted by molar-refractivity contribution is 7.14. The quantitative estimate of drug-likeness (QED) is 0.223. The van der Waals surface area contributed by atoms with E-state index in [0.717, 1.165) is 16.8 Å². The van der Waals surface area contributed by atoms with Crippen LogP contribution in [-0.4, -0.2) is 41.2 Å². The predicted molar refractivity (Wildman–Crippen MR) is 134 cm³/mol. The average Bonchev–Trinajstić information content (AvgIpc) is 3.46. The molecule has 9 heteroatoms. The van der Waals surface area contributed by atoms with Crippen molar-refractivity contribution in [2.75, 3.05) is 17.3 Å². The fraction of sp³-hybridized carbons (Fsp3) is 0.280. The van der Waals surface area contributed by atoms with Crippen LogP contribution in [0.5, 0.6) is 0 Å². The maximum Gasteiger partial charge on any atom is 0.312 e. The number of benzene rings is 2. The molecule has 2 aromatic carbocycles. The van der Waals surface area contributed by atoms with E-state index in [9.17, 15) is 14.4 Å². The molecule has 2 atom stereocenters. The van der Waals surface area contributed by atoms with Crippen molar-refractivity contribution in [3.05, 3.63) is 70.1 Å². The van der Waals surface area contributed by atoms with Crippen molar-refractivity contribution in [2.45, 2.75) is 25.9 Å². The summed E-state index contributed by atoms with van der Waals surface area (Å²) in [5.74, 6) is -1.69. The van der Waals surface area contributed by atoms with Crippen LogP contribution in [0.25, 0.3) is 11.3 Å². The molecule has 0 saturated carbocycles. The Labute approximate surface area is 211 Å². The lowest BCUT2D eigenvalue weighted by Gasteiger charge is -2.18. The topological polar surface area (TPSA) is 76.6 Å². The predicted octanol–water partition coefficient (Wildman–Crippen LogP) is 5.55. The molecular weight excluding hydrogens is 495 g/mol. The number of hydrogen-bond donors (Lipinski definition) is 0. The molecule has 4 rings (SSSR count). The molecule has 1 saturated heterocycles. The number of esters is 1. The van der Waals surface area contributed by atoms with Crippen molar-refractivity contribution in [2.24, 2.45) is 5.92 Å². The van der Waals surface area contributed by atoms with Crippen molar-refractivity contribution < 1.29 is 19.1 Å². The highest BCUT2D eigenvalue weighted by Gasteiger charge is 2.39. The zero-order valence-electron chi connectivity index (χ0n) is 18.4. The number of anilines is 1. The Kier molecular flexibility index (Phi) is 7.66. The Hall–Kier alpha value is -2.74. The van der Waals surface area contributed by atoms with Crippen LogP contribution in [0.15, 0.2) is 53.9 Å². The van der Waals surface area contributed by atoms with Crippen molar-refractivity contribution in [3.8, 4) is 11.3 Å². The average molecular weight is 517 g/mol. The van der Waals surface area contributed by atoms with Crippen molar-refractivity contribution in [1.82, 2.24) is 4.98 Å². The Bertz CT molecular complexity index is 1190. The van der Waals surface area contributed by atoms with Gasteiger partial charge in [-0.05, 0) is 31.2 Å². The highest BCUT2D eigenvalue weighted by Crippen LogP contribution is 2.32. The first-order valence-electron chi connectivity index (χ1n) is 10.7. The van der Waals surface area contributed by atoms with E-state index in [4.69, 9.17) is 27.9 Å². The Morgan fingerprint density at radius 3 is 2.56 bits per heavy atom. The number of hydrogen-bond acceptors (Lipinski definition) is 6. The van der Waals surface area contributed by atoms with E-state index < -0.39 is 18.0 Å². The summed E-state index contributed by atoms with van der Waals surface area (Å²) in [6.07, 6.45) is -0.852. The summed E-state index contributed by atoms with van der Waals surface area (Å²) in [7, 11) is 0. The van der Waals surface area contributed by atoms with Crippen LogP contribution in [0.3, 0.4) is 0 Å². The number of rotatable bonds is 8. The lowest BCUT2D eigenvalue weighted by Crippen LogP contribution is -2.32. The molecule has 1 fully saturated rings. The summed E-state index contributed by atoms with van der Waals surface area (Å²) in [6.45, 7) is 2.17. The Morgan fingerprint density at radius 1 is 1.18 bits per heavy atom. The van der Waals surface area contributed by atoms with E-state index in [1.807, 2.05) is 36.6 Å². The zero-order valence-corrected chi connectivity index (χ0v) is 20.7. The summed E-state index contributed by atoms with van der Waals surface area (Å²) in [5, 5.41) is 2.92. The maximum absolute atomic E-state index is 12.9. The largest absolute Gasteiger partial charge is 0.454 e. The number of amides is 1. The Morgan fingerprint density at radius 2 is 1.88 bits per heavy atom. The first-order chi connectivity index (χ1) is 16.4. The summed E-state index contributed by atoms with van der Waals surface area (Å²) in [4.78, 5) is 44.5. The second kappa shape index (κ2) is 10.7. The molecule has 0 N–H and O–H groups in total. The van der Waals surface area contributed by atoms with Gasteiger partial charge >= 0.3 is 5.97 Å². The molecule has 0 aliphatic carbocycles. The smallest absolute Gasteiger partial charge is 0.312 e. The number of ether oxygens (including phenoxy) is 1. The zero-order chi connectivity index (χ0) is 24.2. The third-order valence-corrected chi connectivity index (χ3v) is 6.91. The number of nitrogens with zero attached hydrogens (tertiary/aromatic N) is 2. The molecule has 3 aromatic rings. The van der Waals surface area contributed by atoms with Crippen LogP contribution in [0.4, 0.5) is 5.13 Å². The maximum atomic E-state index is 12.9. The van der Waals surface area contributed by atoms with E-state index in [1.165, 1.54) is 16.2 Å². The Balaban J connectivity index is 1.43. The van der Waals surface area contributed by atoms with Gasteiger partial charge in [-0.3, -0.25) is 19.3 Å². The molecule has 6 nitrogen and oxygen atoms in total. The van der Waals surface area contributed by atoms with Crippen LogP contribution in [-0.2, 0) is 14.3 Å². The van der Waals surface area contributed by atoms with Gasteiger partial charge in [0.1, 0.15) is 0 Å². The first-order valence-corrected chi connectivity index (χ1v) is 12.5. The lowest BCUT2D eigenvalue weighted by molar-refractivity contribution is -0.151. The van der Waals surface area contributed by atoms with Gasteiger partial charge in [0.15, 0.2) is 11.2 Å². The molecule has 1 aromatic heterocycles. The molecule has 2 heterocycles. The molecule has 176 valence electrons. The van der Waals surface area contributed by atoms with E-state index >= 15 is 0 Å². The molecule has 0 unspecified atom stereocenters. The van der Waals surface area contributed by atoms with E-state index in [1.54, 1.807) is 24.3 Å². The van der Waals surface area contributed by atoms with Crippen molar-refractivity contribution in [1.29, 1.82) is 0 Å². The molecule has 34 heavy (non-hydrogen) atoms. The summed E-state index contributed by atoms with van der Waals surface area (Å²) in [5.41, 5.74) is 3.26. The van der Waals surface area contributed by atoms with Gasteiger partial charge < -0.3 is 4.74 Å². The molecule has 0 bridgehead atoms. The van der Waals surface area contributed by atoms with E-state index in [0.29, 0.717) is 15.7 Å². The number of aromatic nitrogens is 1. The summed E-state index contributed by atoms with van der Waals surface area (Å²) < 4.78 is 5.54. The third-order valence-electron chi connectivity index (χ3n) is 5.58. The van der Waals surface area contributed by atoms with Gasteiger partial charge in [0.25, 0.3) is 0 Å². The number of thiazole rings is 1. The normalized spacial score (nSPS) is 16.5. The summed E-state index contributed by atoms with van der Waals surface area (Å²) >= 11 is 13.1. The fourth-order valence-corrected chi connectivity index (χ4v) is 4.86. The van der Waals surface area contributed by atoms with Crippen LogP contribution in [0.2, 0.25) is 5.02 Å². The minimum absolute atomic E-state index is 0.00100. The van der Waals surface area contributed by atoms with Crippen LogP contribution >= 0.6 is 34.5 Å². The highest BCUT2D eigenvalue weighted by atomic mass is 35.5. The number of aryl methyl sites for hydroxylation is 1. The molecular formula is C25H22Cl2N2O4S. The van der Waals surface area contributed by atoms with Gasteiger partial charge in [0.05, 0.1) is 11.6 Å². The van der Waals surface area contributed by atoms with Gasteiger partial charge in [-0.25, -0.2) is 4.98 Å². The number of ketones is 1. The standard InChI is InChI=1S/C25H22Cl2N2O4S/c1-15-2-4-16(5-3-15)20-14-34-25(28-20)29-13-18(12-22(29)30)24(32)33-21(10-11-26)23(31)17-6-8-19(27)9-7-17/h2-9,14,18,21H,10-13H2,1H3/t18-,21-/m1/s1. The first kappa shape index (κ1) is 24.4. The number of carbonyl (C=O) groups excluding carboxylic acids is 3. The minimum atomic E-state index is -1.02. The van der Waals surface area contributed by atoms with Gasteiger partial charge in [-0.15, -0.1) is 22.9 Å². The monoisotopic (exact) mass is 516 g/mol. The van der Waals surface area contributed by atoms with Crippen LogP contribution < -0.4 is 4.90 Å². The van der Waals surface area contributed by atoms with Gasteiger partial charge in [-0.1, -0.05) is 41.4 Å². The number of Topliss-reactive ketones (excluding diaryl/α,β-unsaturated/α-hetero) is 1. The van der Waals surface area contributed by atoms with Crippen molar-refractivity contribution >= 4 is 57.3 Å². The second-order valence-electron chi connectivity index (χ2n) is 8.06. The number of alkyl halides is 1. The van der Waals surface area contributed by atoms with E-state index in [-0.39, 0.29) is 37.0 Å². The van der Waals surface area contributed by atoms with E-state index in [2.05, 4.69) is 4.98 Å². The fourth-order valence-electron chi connectivity index (χ4n) is 3.67. The lowest BCUT2D eigenvalue weighted by atomic mass is 10.0. The molecule has 1 aliphatic rings. The third kappa shape index (κ3) is 5.49. The number of carbonyl (C=O) groups is 3. The van der Waals surface area contributed by atoms with Crippen LogP contribution in [0, 0.1) is 12.8 Å². The van der Waals surface area contributed by atoms with Crippen molar-refractivity contribution in [3.63, 3.8) is 0 Å². The molecule has 1 aliphatic heterocycles. The van der Waals surface area contributed by atoms with Gasteiger partial charge in [0, 0.05) is 46.8 Å². The number of halogens is 2. The molecule has 0 radical (unpaired) electrons. The minimum Gasteiger partial charge on any atom is -0.454 e. The van der Waals surface area contributed by atoms with Gasteiger partial charge in [-0.2, -0.15) is 0 Å². The second-order valence-corrected chi connectivity index (χ2v) is 9.71.